The molecule has 0 amide bonds. The molecule has 3 nitrogen and oxygen atoms in total. The molecule has 0 fully saturated rings. The zero-order valence-electron chi connectivity index (χ0n) is 12.2. The Labute approximate surface area is 115 Å². The van der Waals surface area contributed by atoms with Crippen LogP contribution in [0.1, 0.15) is 42.6 Å². The standard InChI is InChI=1S/C16H23N3/c1-12(15-8-6-5-7-9-15)10-17-13(2)16-11-18-19(4)14(16)3/h5-9,11-13,17H,10H2,1-4H3. The minimum atomic E-state index is 0.333. The summed E-state index contributed by atoms with van der Waals surface area (Å²) >= 11 is 0. The van der Waals surface area contributed by atoms with Gasteiger partial charge in [-0.3, -0.25) is 4.68 Å². The molecule has 0 bridgehead atoms. The zero-order chi connectivity index (χ0) is 13.8. The molecule has 0 aliphatic carbocycles. The Morgan fingerprint density at radius 3 is 2.47 bits per heavy atom. The minimum Gasteiger partial charge on any atom is -0.309 e. The highest BCUT2D eigenvalue weighted by Crippen LogP contribution is 2.18. The average Bonchev–Trinajstić information content (AvgIpc) is 2.77. The molecule has 1 N–H and O–H groups in total. The van der Waals surface area contributed by atoms with Gasteiger partial charge in [0.05, 0.1) is 6.20 Å². The summed E-state index contributed by atoms with van der Waals surface area (Å²) < 4.78 is 1.92. The molecular weight excluding hydrogens is 234 g/mol. The first-order valence-corrected chi connectivity index (χ1v) is 6.86. The second kappa shape index (κ2) is 6.02. The maximum absolute atomic E-state index is 4.30. The van der Waals surface area contributed by atoms with Crippen LogP contribution < -0.4 is 5.32 Å². The Balaban J connectivity index is 1.94. The van der Waals surface area contributed by atoms with Crippen molar-refractivity contribution in [1.29, 1.82) is 0 Å². The van der Waals surface area contributed by atoms with Crippen LogP contribution in [0.4, 0.5) is 0 Å². The molecule has 1 heterocycles. The first-order chi connectivity index (χ1) is 9.09. The summed E-state index contributed by atoms with van der Waals surface area (Å²) in [4.78, 5) is 0. The van der Waals surface area contributed by atoms with Gasteiger partial charge in [0.25, 0.3) is 0 Å². The lowest BCUT2D eigenvalue weighted by Crippen LogP contribution is -2.24. The van der Waals surface area contributed by atoms with Crippen LogP contribution in [0.3, 0.4) is 0 Å². The second-order valence-corrected chi connectivity index (χ2v) is 5.25. The predicted octanol–water partition coefficient (Wildman–Crippen LogP) is 3.18. The van der Waals surface area contributed by atoms with Crippen LogP contribution in [-0.4, -0.2) is 16.3 Å². The highest BCUT2D eigenvalue weighted by Gasteiger charge is 2.13. The van der Waals surface area contributed by atoms with Gasteiger partial charge >= 0.3 is 0 Å². The van der Waals surface area contributed by atoms with Crippen molar-refractivity contribution in [1.82, 2.24) is 15.1 Å². The monoisotopic (exact) mass is 257 g/mol. The van der Waals surface area contributed by atoms with Crippen molar-refractivity contribution in [3.63, 3.8) is 0 Å². The third-order valence-corrected chi connectivity index (χ3v) is 3.84. The number of rotatable bonds is 5. The lowest BCUT2D eigenvalue weighted by Gasteiger charge is -2.18. The van der Waals surface area contributed by atoms with Crippen LogP contribution in [0.25, 0.3) is 0 Å². The second-order valence-electron chi connectivity index (χ2n) is 5.25. The summed E-state index contributed by atoms with van der Waals surface area (Å²) in [5, 5.41) is 7.90. The number of aromatic nitrogens is 2. The van der Waals surface area contributed by atoms with E-state index in [1.165, 1.54) is 16.8 Å². The maximum Gasteiger partial charge on any atom is 0.0540 e. The van der Waals surface area contributed by atoms with Crippen molar-refractivity contribution in [2.45, 2.75) is 32.7 Å². The number of benzene rings is 1. The van der Waals surface area contributed by atoms with Crippen LogP contribution >= 0.6 is 0 Å². The molecule has 0 saturated carbocycles. The normalized spacial score (nSPS) is 14.3. The van der Waals surface area contributed by atoms with E-state index in [0.29, 0.717) is 12.0 Å². The predicted molar refractivity (Wildman–Crippen MR) is 79.2 cm³/mol. The molecule has 0 saturated heterocycles. The molecule has 2 rings (SSSR count). The molecule has 2 unspecified atom stereocenters. The molecule has 0 aliphatic rings. The number of hydrogen-bond acceptors (Lipinski definition) is 2. The number of aryl methyl sites for hydroxylation is 1. The molecule has 102 valence electrons. The average molecular weight is 257 g/mol. The van der Waals surface area contributed by atoms with E-state index >= 15 is 0 Å². The van der Waals surface area contributed by atoms with Gasteiger partial charge in [-0.2, -0.15) is 5.10 Å². The fraction of sp³-hybridized carbons (Fsp3) is 0.438. The third-order valence-electron chi connectivity index (χ3n) is 3.84. The zero-order valence-corrected chi connectivity index (χ0v) is 12.2. The van der Waals surface area contributed by atoms with E-state index in [1.54, 1.807) is 0 Å². The van der Waals surface area contributed by atoms with Crippen molar-refractivity contribution >= 4 is 0 Å². The van der Waals surface area contributed by atoms with Gasteiger partial charge in [-0.25, -0.2) is 0 Å². The van der Waals surface area contributed by atoms with E-state index in [0.717, 1.165) is 6.54 Å². The molecule has 3 heteroatoms. The van der Waals surface area contributed by atoms with Gasteiger partial charge in [-0.15, -0.1) is 0 Å². The Bertz CT molecular complexity index is 516. The van der Waals surface area contributed by atoms with Gasteiger partial charge in [0.2, 0.25) is 0 Å². The smallest absolute Gasteiger partial charge is 0.0540 e. The topological polar surface area (TPSA) is 29.9 Å². The fourth-order valence-corrected chi connectivity index (χ4v) is 2.30. The van der Waals surface area contributed by atoms with Crippen molar-refractivity contribution < 1.29 is 0 Å². The molecule has 0 radical (unpaired) electrons. The Morgan fingerprint density at radius 1 is 1.21 bits per heavy atom. The quantitative estimate of drug-likeness (QED) is 0.891. The summed E-state index contributed by atoms with van der Waals surface area (Å²) in [7, 11) is 1.98. The Hall–Kier alpha value is -1.61. The van der Waals surface area contributed by atoms with Gasteiger partial charge < -0.3 is 5.32 Å². The SMILES string of the molecule is Cc1c(C(C)NCC(C)c2ccccc2)cnn1C. The highest BCUT2D eigenvalue weighted by molar-refractivity contribution is 5.21. The van der Waals surface area contributed by atoms with Gasteiger partial charge in [0.1, 0.15) is 0 Å². The number of hydrogen-bond donors (Lipinski definition) is 1. The third kappa shape index (κ3) is 3.24. The van der Waals surface area contributed by atoms with E-state index in [4.69, 9.17) is 0 Å². The fourth-order valence-electron chi connectivity index (χ4n) is 2.30. The summed E-state index contributed by atoms with van der Waals surface area (Å²) in [5.41, 5.74) is 3.89. The molecule has 2 aromatic rings. The van der Waals surface area contributed by atoms with E-state index in [-0.39, 0.29) is 0 Å². The van der Waals surface area contributed by atoms with E-state index < -0.39 is 0 Å². The molecule has 0 spiro atoms. The van der Waals surface area contributed by atoms with E-state index in [1.807, 2.05) is 17.9 Å². The van der Waals surface area contributed by atoms with E-state index in [9.17, 15) is 0 Å². The molecule has 1 aromatic heterocycles. The summed E-state index contributed by atoms with van der Waals surface area (Å²) in [6.07, 6.45) is 1.96. The molecule has 2 atom stereocenters. The van der Waals surface area contributed by atoms with Crippen molar-refractivity contribution in [3.8, 4) is 0 Å². The van der Waals surface area contributed by atoms with Gasteiger partial charge in [0.15, 0.2) is 0 Å². The first kappa shape index (κ1) is 13.8. The first-order valence-electron chi connectivity index (χ1n) is 6.86. The Morgan fingerprint density at radius 2 is 1.89 bits per heavy atom. The van der Waals surface area contributed by atoms with Gasteiger partial charge in [-0.1, -0.05) is 37.3 Å². The lowest BCUT2D eigenvalue weighted by atomic mass is 10.0. The van der Waals surface area contributed by atoms with Crippen molar-refractivity contribution in [3.05, 3.63) is 53.3 Å². The number of nitrogens with zero attached hydrogens (tertiary/aromatic N) is 2. The van der Waals surface area contributed by atoms with Crippen molar-refractivity contribution in [2.24, 2.45) is 7.05 Å². The van der Waals surface area contributed by atoms with E-state index in [2.05, 4.69) is 61.5 Å². The number of nitrogens with one attached hydrogen (secondary N) is 1. The van der Waals surface area contributed by atoms with Crippen LogP contribution in [-0.2, 0) is 7.05 Å². The Kier molecular flexibility index (Phi) is 4.38. The highest BCUT2D eigenvalue weighted by atomic mass is 15.3. The summed E-state index contributed by atoms with van der Waals surface area (Å²) in [5.74, 6) is 0.514. The molecule has 19 heavy (non-hydrogen) atoms. The van der Waals surface area contributed by atoms with Gasteiger partial charge in [0, 0.05) is 30.9 Å². The summed E-state index contributed by atoms with van der Waals surface area (Å²) in [6, 6.07) is 11.0. The van der Waals surface area contributed by atoms with Gasteiger partial charge in [-0.05, 0) is 25.3 Å². The summed E-state index contributed by atoms with van der Waals surface area (Å²) in [6.45, 7) is 7.54. The molecular formula is C16H23N3. The minimum absolute atomic E-state index is 0.333. The van der Waals surface area contributed by atoms with Crippen LogP contribution in [0.2, 0.25) is 0 Å². The molecule has 0 aliphatic heterocycles. The lowest BCUT2D eigenvalue weighted by molar-refractivity contribution is 0.534. The van der Waals surface area contributed by atoms with Crippen LogP contribution in [0.15, 0.2) is 36.5 Å². The van der Waals surface area contributed by atoms with Crippen molar-refractivity contribution in [2.75, 3.05) is 6.54 Å². The maximum atomic E-state index is 4.30. The van der Waals surface area contributed by atoms with Crippen LogP contribution in [0, 0.1) is 6.92 Å². The molecule has 1 aromatic carbocycles. The van der Waals surface area contributed by atoms with Crippen LogP contribution in [0.5, 0.6) is 0 Å². The largest absolute Gasteiger partial charge is 0.309 e.